The van der Waals surface area contributed by atoms with E-state index in [1.165, 1.54) is 11.6 Å². The van der Waals surface area contributed by atoms with Crippen LogP contribution >= 0.6 is 11.6 Å². The number of hydrogen-bond donors (Lipinski definition) is 1. The van der Waals surface area contributed by atoms with Crippen LogP contribution in [-0.4, -0.2) is 25.2 Å². The maximum Gasteiger partial charge on any atom is 0.256 e. The van der Waals surface area contributed by atoms with Gasteiger partial charge in [-0.1, -0.05) is 47.5 Å². The number of carbonyl (C=O) groups is 1. The highest BCUT2D eigenvalue weighted by atomic mass is 35.5. The number of halogens is 2. The zero-order valence-corrected chi connectivity index (χ0v) is 18.8. The molecule has 2 aromatic carbocycles. The fraction of sp³-hybridized carbons (Fsp3) is 0.208. The van der Waals surface area contributed by atoms with Crippen LogP contribution in [0.3, 0.4) is 0 Å². The summed E-state index contributed by atoms with van der Waals surface area (Å²) in [5, 5.41) is 7.51. The summed E-state index contributed by atoms with van der Waals surface area (Å²) in [5.41, 5.74) is 4.11. The van der Waals surface area contributed by atoms with Crippen molar-refractivity contribution in [1.29, 1.82) is 0 Å². The molecule has 1 amide bonds. The summed E-state index contributed by atoms with van der Waals surface area (Å²) in [7, 11) is 0. The summed E-state index contributed by atoms with van der Waals surface area (Å²) in [4.78, 5) is 16.9. The lowest BCUT2D eigenvalue weighted by Crippen LogP contribution is -2.23. The molecule has 6 nitrogen and oxygen atoms in total. The summed E-state index contributed by atoms with van der Waals surface area (Å²) in [6, 6.07) is 12.9. The lowest BCUT2D eigenvalue weighted by Gasteiger charge is -2.10. The molecule has 1 N–H and O–H groups in total. The molecule has 0 saturated carbocycles. The Hall–Kier alpha value is -3.45. The SMILES string of the molecule is Cc1ccc(Cn2nc(C)c(C(=O)NCc3ccc(-n4ccnc4C)c(F)c3)c2Cl)cc1. The summed E-state index contributed by atoms with van der Waals surface area (Å²) in [6.45, 7) is 6.20. The molecule has 2 heterocycles. The summed E-state index contributed by atoms with van der Waals surface area (Å²) < 4.78 is 17.9. The lowest BCUT2D eigenvalue weighted by atomic mass is 10.1. The molecule has 4 rings (SSSR count). The summed E-state index contributed by atoms with van der Waals surface area (Å²) in [6.07, 6.45) is 3.32. The number of nitrogens with one attached hydrogen (secondary N) is 1. The van der Waals surface area contributed by atoms with Crippen LogP contribution in [0.15, 0.2) is 54.9 Å². The van der Waals surface area contributed by atoms with Crippen molar-refractivity contribution in [1.82, 2.24) is 24.6 Å². The van der Waals surface area contributed by atoms with Gasteiger partial charge in [0.1, 0.15) is 16.8 Å². The van der Waals surface area contributed by atoms with Crippen molar-refractivity contribution in [2.45, 2.75) is 33.9 Å². The third kappa shape index (κ3) is 4.43. The predicted molar refractivity (Wildman–Crippen MR) is 122 cm³/mol. The van der Waals surface area contributed by atoms with Crippen molar-refractivity contribution in [2.75, 3.05) is 0 Å². The van der Waals surface area contributed by atoms with Crippen molar-refractivity contribution < 1.29 is 9.18 Å². The van der Waals surface area contributed by atoms with Crippen LogP contribution in [-0.2, 0) is 13.1 Å². The molecule has 8 heteroatoms. The van der Waals surface area contributed by atoms with Crippen LogP contribution in [0, 0.1) is 26.6 Å². The molecule has 0 saturated heterocycles. The molecule has 0 radical (unpaired) electrons. The standard InChI is InChI=1S/C24H23ClFN5O/c1-15-4-6-18(7-5-15)14-31-23(25)22(16(2)29-31)24(32)28-13-19-8-9-21(20(26)12-19)30-11-10-27-17(30)3/h4-12H,13-14H2,1-3H3,(H,28,32). The molecule has 32 heavy (non-hydrogen) atoms. The van der Waals surface area contributed by atoms with Crippen LogP contribution in [0.5, 0.6) is 0 Å². The van der Waals surface area contributed by atoms with Gasteiger partial charge in [0.25, 0.3) is 5.91 Å². The first-order chi connectivity index (χ1) is 15.3. The van der Waals surface area contributed by atoms with E-state index in [1.807, 2.05) is 31.2 Å². The Bertz CT molecular complexity index is 1280. The third-order valence-electron chi connectivity index (χ3n) is 5.30. The Morgan fingerprint density at radius 1 is 1.09 bits per heavy atom. The highest BCUT2D eigenvalue weighted by Crippen LogP contribution is 2.22. The average molecular weight is 452 g/mol. The number of nitrogens with zero attached hydrogens (tertiary/aromatic N) is 4. The van der Waals surface area contributed by atoms with E-state index < -0.39 is 5.82 Å². The van der Waals surface area contributed by atoms with E-state index in [9.17, 15) is 9.18 Å². The minimum Gasteiger partial charge on any atom is -0.348 e. The Labute approximate surface area is 190 Å². The van der Waals surface area contributed by atoms with Crippen molar-refractivity contribution in [2.24, 2.45) is 0 Å². The maximum atomic E-state index is 14.6. The fourth-order valence-electron chi connectivity index (χ4n) is 3.54. The topological polar surface area (TPSA) is 64.7 Å². The number of aromatic nitrogens is 4. The van der Waals surface area contributed by atoms with Gasteiger partial charge in [-0.3, -0.25) is 4.79 Å². The van der Waals surface area contributed by atoms with Crippen LogP contribution in [0.2, 0.25) is 5.15 Å². The van der Waals surface area contributed by atoms with E-state index in [2.05, 4.69) is 15.4 Å². The quantitative estimate of drug-likeness (QED) is 0.459. The molecule has 0 aliphatic carbocycles. The van der Waals surface area contributed by atoms with Crippen LogP contribution < -0.4 is 5.32 Å². The average Bonchev–Trinajstić information content (AvgIpc) is 3.30. The second kappa shape index (κ2) is 8.96. The third-order valence-corrected chi connectivity index (χ3v) is 5.68. The van der Waals surface area contributed by atoms with Gasteiger partial charge in [-0.2, -0.15) is 5.10 Å². The Kier molecular flexibility index (Phi) is 6.10. The molecular formula is C24H23ClFN5O. The van der Waals surface area contributed by atoms with Crippen LogP contribution in [0.4, 0.5) is 4.39 Å². The number of benzene rings is 2. The second-order valence-electron chi connectivity index (χ2n) is 7.71. The normalized spacial score (nSPS) is 11.0. The fourth-order valence-corrected chi connectivity index (χ4v) is 3.86. The van der Waals surface area contributed by atoms with E-state index in [-0.39, 0.29) is 17.6 Å². The van der Waals surface area contributed by atoms with Gasteiger partial charge in [-0.15, -0.1) is 0 Å². The van der Waals surface area contributed by atoms with Gasteiger partial charge in [0.15, 0.2) is 0 Å². The summed E-state index contributed by atoms with van der Waals surface area (Å²) in [5.74, 6) is -0.0479. The Balaban J connectivity index is 1.46. The molecule has 0 atom stereocenters. The van der Waals surface area contributed by atoms with Gasteiger partial charge < -0.3 is 9.88 Å². The van der Waals surface area contributed by atoms with Gasteiger partial charge in [-0.25, -0.2) is 14.1 Å². The molecule has 0 aliphatic heterocycles. The van der Waals surface area contributed by atoms with Crippen molar-refractivity contribution >= 4 is 17.5 Å². The molecule has 0 spiro atoms. The predicted octanol–water partition coefficient (Wildman–Crippen LogP) is 4.76. The minimum atomic E-state index is -0.391. The van der Waals surface area contributed by atoms with Crippen LogP contribution in [0.25, 0.3) is 5.69 Å². The smallest absolute Gasteiger partial charge is 0.256 e. The first-order valence-electron chi connectivity index (χ1n) is 10.2. The first-order valence-corrected chi connectivity index (χ1v) is 10.6. The van der Waals surface area contributed by atoms with E-state index in [0.717, 1.165) is 5.56 Å². The Morgan fingerprint density at radius 2 is 1.81 bits per heavy atom. The molecule has 4 aromatic rings. The van der Waals surface area contributed by atoms with Gasteiger partial charge in [-0.05, 0) is 44.0 Å². The Morgan fingerprint density at radius 3 is 2.47 bits per heavy atom. The highest BCUT2D eigenvalue weighted by molar-refractivity contribution is 6.33. The number of rotatable bonds is 6. The van der Waals surface area contributed by atoms with Crippen LogP contribution in [0.1, 0.15) is 38.6 Å². The van der Waals surface area contributed by atoms with E-state index in [1.54, 1.807) is 47.6 Å². The van der Waals surface area contributed by atoms with Crippen molar-refractivity contribution in [3.8, 4) is 5.69 Å². The van der Waals surface area contributed by atoms with Gasteiger partial charge in [0.2, 0.25) is 0 Å². The lowest BCUT2D eigenvalue weighted by molar-refractivity contribution is 0.0950. The highest BCUT2D eigenvalue weighted by Gasteiger charge is 2.20. The maximum absolute atomic E-state index is 14.6. The summed E-state index contributed by atoms with van der Waals surface area (Å²) >= 11 is 6.48. The van der Waals surface area contributed by atoms with Gasteiger partial charge in [0.05, 0.1) is 23.5 Å². The zero-order chi connectivity index (χ0) is 22.8. The zero-order valence-electron chi connectivity index (χ0n) is 18.1. The minimum absolute atomic E-state index is 0.165. The van der Waals surface area contributed by atoms with Crippen molar-refractivity contribution in [3.05, 3.63) is 99.6 Å². The molecule has 0 bridgehead atoms. The van der Waals surface area contributed by atoms with Gasteiger partial charge >= 0.3 is 0 Å². The molecule has 0 unspecified atom stereocenters. The molecule has 164 valence electrons. The molecular weight excluding hydrogens is 429 g/mol. The second-order valence-corrected chi connectivity index (χ2v) is 8.07. The van der Waals surface area contributed by atoms with E-state index >= 15 is 0 Å². The van der Waals surface area contributed by atoms with Gasteiger partial charge in [0, 0.05) is 18.9 Å². The molecule has 2 aromatic heterocycles. The number of aryl methyl sites for hydroxylation is 3. The number of carbonyl (C=O) groups excluding carboxylic acids is 1. The first kappa shape index (κ1) is 21.8. The van der Waals surface area contributed by atoms with E-state index in [0.29, 0.717) is 34.9 Å². The number of imidazole rings is 1. The van der Waals surface area contributed by atoms with E-state index in [4.69, 9.17) is 11.6 Å². The number of hydrogen-bond acceptors (Lipinski definition) is 3. The molecule has 0 fully saturated rings. The van der Waals surface area contributed by atoms with Crippen molar-refractivity contribution in [3.63, 3.8) is 0 Å². The largest absolute Gasteiger partial charge is 0.348 e. The molecule has 0 aliphatic rings. The number of amides is 1. The monoisotopic (exact) mass is 451 g/mol.